The number of aromatic nitrogens is 4. The van der Waals surface area contributed by atoms with E-state index in [2.05, 4.69) is 35.1 Å². The molecule has 0 aliphatic carbocycles. The van der Waals surface area contributed by atoms with Crippen molar-refractivity contribution in [2.45, 2.75) is 31.4 Å². The van der Waals surface area contributed by atoms with Crippen LogP contribution in [0.3, 0.4) is 0 Å². The average molecular weight is 615 g/mol. The highest BCUT2D eigenvalue weighted by atomic mass is 16.5. The molecule has 0 unspecified atom stereocenters. The predicted octanol–water partition coefficient (Wildman–Crippen LogP) is 2.37. The summed E-state index contributed by atoms with van der Waals surface area (Å²) in [6.07, 6.45) is 4.51. The summed E-state index contributed by atoms with van der Waals surface area (Å²) < 4.78 is 5.89. The standard InChI is InChI=1S/C32H38N8O5/c1-38(2)12-9-23-27(5-4-10-33-23)45-18-20(41)17-35-24-6-11-34-30(42)28(24)29-36-25-15-21-22(16-26(25)37-29)32(44)40(31(21)43)19-7-13-39(3)14-8-19/h4-6,10-11,15-16,19-20,41H,7-9,12-14,17-18H2,1-3H3,(H,36,37)(H2,34,35,42)/t20-/m1/s1. The number of anilines is 1. The minimum Gasteiger partial charge on any atom is -0.493 e. The second-order valence-corrected chi connectivity index (χ2v) is 11.9. The first-order valence-electron chi connectivity index (χ1n) is 15.1. The smallest absolute Gasteiger partial charge is 0.261 e. The number of hydrogen-bond acceptors (Lipinski definition) is 11. The minimum atomic E-state index is -0.877. The van der Waals surface area contributed by atoms with Crippen LogP contribution >= 0.6 is 0 Å². The Bertz CT molecular complexity index is 1660. The van der Waals surface area contributed by atoms with Crippen molar-refractivity contribution in [3.05, 3.63) is 59.5 Å². The van der Waals surface area contributed by atoms with Crippen LogP contribution in [0.5, 0.6) is 11.6 Å². The summed E-state index contributed by atoms with van der Waals surface area (Å²) in [7, 11) is 6.02. The molecular formula is C32H38N8O5. The summed E-state index contributed by atoms with van der Waals surface area (Å²) in [5.74, 6) is 0.0805. The number of imide groups is 1. The van der Waals surface area contributed by atoms with Gasteiger partial charge < -0.3 is 35.1 Å². The average Bonchev–Trinajstić information content (AvgIpc) is 3.54. The molecule has 0 saturated carbocycles. The van der Waals surface area contributed by atoms with E-state index in [1.165, 1.54) is 11.1 Å². The van der Waals surface area contributed by atoms with Crippen molar-refractivity contribution in [1.29, 1.82) is 0 Å². The molecule has 13 heteroatoms. The zero-order chi connectivity index (χ0) is 31.7. The molecule has 1 saturated heterocycles. The molecular weight excluding hydrogens is 576 g/mol. The zero-order valence-electron chi connectivity index (χ0n) is 25.7. The van der Waals surface area contributed by atoms with Gasteiger partial charge >= 0.3 is 0 Å². The first kappa shape index (κ1) is 30.4. The molecule has 1 fully saturated rings. The van der Waals surface area contributed by atoms with E-state index >= 15 is 0 Å². The quantitative estimate of drug-likeness (QED) is 0.184. The van der Waals surface area contributed by atoms with E-state index < -0.39 is 6.10 Å². The summed E-state index contributed by atoms with van der Waals surface area (Å²) in [6, 6.07) is 8.47. The molecule has 45 heavy (non-hydrogen) atoms. The van der Waals surface area contributed by atoms with Gasteiger partial charge in [-0.05, 0) is 77.4 Å². The molecule has 4 N–H and O–H groups in total. The molecule has 1 atom stereocenters. The number of amides is 2. The third-order valence-electron chi connectivity index (χ3n) is 8.34. The van der Waals surface area contributed by atoms with E-state index in [0.29, 0.717) is 45.0 Å². The lowest BCUT2D eigenvalue weighted by Crippen LogP contribution is -2.46. The molecule has 6 rings (SSSR count). The van der Waals surface area contributed by atoms with Gasteiger partial charge in [0.15, 0.2) is 0 Å². The number of nitrogens with one attached hydrogen (secondary N) is 2. The van der Waals surface area contributed by atoms with E-state index in [9.17, 15) is 19.8 Å². The predicted molar refractivity (Wildman–Crippen MR) is 168 cm³/mol. The van der Waals surface area contributed by atoms with Crippen LogP contribution in [-0.2, 0) is 6.42 Å². The van der Waals surface area contributed by atoms with Crippen molar-refractivity contribution in [2.24, 2.45) is 0 Å². The van der Waals surface area contributed by atoms with Crippen LogP contribution in [-0.4, -0.2) is 123 Å². The van der Waals surface area contributed by atoms with Gasteiger partial charge in [0.25, 0.3) is 11.8 Å². The molecule has 4 aromatic rings. The van der Waals surface area contributed by atoms with Gasteiger partial charge in [-0.2, -0.15) is 0 Å². The number of aromatic amines is 1. The molecule has 3 aromatic heterocycles. The number of hydrogen-bond donors (Lipinski definition) is 4. The highest BCUT2D eigenvalue weighted by molar-refractivity contribution is 6.23. The Kier molecular flexibility index (Phi) is 8.65. The monoisotopic (exact) mass is 614 g/mol. The van der Waals surface area contributed by atoms with Crippen molar-refractivity contribution >= 4 is 28.5 Å². The van der Waals surface area contributed by atoms with Crippen LogP contribution in [0, 0.1) is 0 Å². The number of carbonyl (C=O) groups is 2. The van der Waals surface area contributed by atoms with Gasteiger partial charge in [-0.15, -0.1) is 0 Å². The maximum absolute atomic E-state index is 13.3. The number of nitrogens with zero attached hydrogens (tertiary/aromatic N) is 6. The van der Waals surface area contributed by atoms with Crippen molar-refractivity contribution in [3.8, 4) is 23.0 Å². The number of imidazole rings is 1. The Hall–Kier alpha value is -4.59. The lowest BCUT2D eigenvalue weighted by molar-refractivity contribution is 0.0516. The van der Waals surface area contributed by atoms with Gasteiger partial charge in [0.05, 0.1) is 33.5 Å². The summed E-state index contributed by atoms with van der Waals surface area (Å²) in [5.41, 5.74) is 3.32. The number of carbonyl (C=O) groups excluding carboxylic acids is 2. The Balaban J connectivity index is 1.16. The first-order chi connectivity index (χ1) is 21.7. The van der Waals surface area contributed by atoms with Crippen molar-refractivity contribution < 1.29 is 24.5 Å². The van der Waals surface area contributed by atoms with E-state index in [0.717, 1.165) is 44.6 Å². The fourth-order valence-corrected chi connectivity index (χ4v) is 5.84. The van der Waals surface area contributed by atoms with Crippen molar-refractivity contribution in [3.63, 3.8) is 0 Å². The molecule has 0 bridgehead atoms. The number of H-pyrrole nitrogens is 1. The number of aromatic hydroxyl groups is 1. The van der Waals surface area contributed by atoms with E-state index in [1.54, 1.807) is 30.5 Å². The molecule has 13 nitrogen and oxygen atoms in total. The first-order valence-corrected chi connectivity index (χ1v) is 15.1. The largest absolute Gasteiger partial charge is 0.493 e. The number of likely N-dealkylation sites (N-methyl/N-ethyl adjacent to an activating group) is 1. The Morgan fingerprint density at radius 1 is 1.11 bits per heavy atom. The lowest BCUT2D eigenvalue weighted by atomic mass is 10.0. The molecule has 0 spiro atoms. The van der Waals surface area contributed by atoms with Crippen LogP contribution in [0.2, 0.25) is 0 Å². The van der Waals surface area contributed by atoms with Gasteiger partial charge in [0.2, 0.25) is 5.88 Å². The summed E-state index contributed by atoms with van der Waals surface area (Å²) >= 11 is 0. The van der Waals surface area contributed by atoms with Crippen LogP contribution < -0.4 is 10.1 Å². The van der Waals surface area contributed by atoms with E-state index in [4.69, 9.17) is 4.74 Å². The number of pyridine rings is 2. The molecule has 5 heterocycles. The molecule has 236 valence electrons. The number of likely N-dealkylation sites (tertiary alicyclic amines) is 1. The highest BCUT2D eigenvalue weighted by Crippen LogP contribution is 2.36. The van der Waals surface area contributed by atoms with Crippen LogP contribution in [0.1, 0.15) is 39.3 Å². The SMILES string of the molecule is CN(C)CCc1ncccc1OC[C@H](O)CNc1ccnc(O)c1-c1nc2cc3c(cc2[nH]1)C(=O)N(C1CCN(C)CC1)C3=O. The maximum Gasteiger partial charge on any atom is 0.261 e. The Morgan fingerprint density at radius 3 is 2.62 bits per heavy atom. The third-order valence-corrected chi connectivity index (χ3v) is 8.34. The van der Waals surface area contributed by atoms with Gasteiger partial charge in [-0.3, -0.25) is 19.5 Å². The minimum absolute atomic E-state index is 0.0346. The van der Waals surface area contributed by atoms with Crippen molar-refractivity contribution in [1.82, 2.24) is 34.6 Å². The second kappa shape index (κ2) is 12.8. The number of rotatable bonds is 11. The number of piperidine rings is 1. The Labute approximate surface area is 260 Å². The van der Waals surface area contributed by atoms with Crippen LogP contribution in [0.15, 0.2) is 42.7 Å². The Morgan fingerprint density at radius 2 is 1.87 bits per heavy atom. The van der Waals surface area contributed by atoms with E-state index in [-0.39, 0.29) is 36.9 Å². The van der Waals surface area contributed by atoms with Crippen molar-refractivity contribution in [2.75, 3.05) is 59.2 Å². The van der Waals surface area contributed by atoms with Crippen LogP contribution in [0.4, 0.5) is 5.69 Å². The second-order valence-electron chi connectivity index (χ2n) is 11.9. The molecule has 2 aliphatic heterocycles. The van der Waals surface area contributed by atoms with E-state index in [1.807, 2.05) is 27.2 Å². The van der Waals surface area contributed by atoms with Gasteiger partial charge in [0.1, 0.15) is 29.8 Å². The summed E-state index contributed by atoms with van der Waals surface area (Å²) in [5, 5.41) is 24.6. The summed E-state index contributed by atoms with van der Waals surface area (Å²) in [4.78, 5) is 48.6. The fourth-order valence-electron chi connectivity index (χ4n) is 5.84. The fraction of sp³-hybridized carbons (Fsp3) is 0.406. The molecule has 1 aromatic carbocycles. The number of ether oxygens (including phenoxy) is 1. The third kappa shape index (κ3) is 6.32. The number of fused-ring (bicyclic) bond motifs is 2. The van der Waals surface area contributed by atoms with Crippen LogP contribution in [0.25, 0.3) is 22.4 Å². The summed E-state index contributed by atoms with van der Waals surface area (Å²) in [6.45, 7) is 2.64. The maximum atomic E-state index is 13.3. The normalized spacial score (nSPS) is 16.5. The lowest BCUT2D eigenvalue weighted by Gasteiger charge is -2.33. The highest BCUT2D eigenvalue weighted by Gasteiger charge is 2.41. The van der Waals surface area contributed by atoms with Gasteiger partial charge in [-0.25, -0.2) is 9.97 Å². The molecule has 2 aliphatic rings. The zero-order valence-corrected chi connectivity index (χ0v) is 25.7. The number of aliphatic hydroxyl groups excluding tert-OH is 1. The van der Waals surface area contributed by atoms with Gasteiger partial charge in [0, 0.05) is 37.9 Å². The number of benzene rings is 1. The molecule has 2 amide bonds. The topological polar surface area (TPSA) is 160 Å². The number of aliphatic hydroxyl groups is 1. The molecule has 0 radical (unpaired) electrons. The van der Waals surface area contributed by atoms with Gasteiger partial charge in [-0.1, -0.05) is 0 Å².